The topological polar surface area (TPSA) is 71.7 Å². The van der Waals surface area contributed by atoms with Gasteiger partial charge in [0.15, 0.2) is 5.82 Å². The van der Waals surface area contributed by atoms with Crippen molar-refractivity contribution in [1.82, 2.24) is 19.9 Å². The first kappa shape index (κ1) is 14.5. The van der Waals surface area contributed by atoms with Gasteiger partial charge in [0, 0.05) is 25.9 Å². The first-order chi connectivity index (χ1) is 10.1. The predicted octanol–water partition coefficient (Wildman–Crippen LogP) is 0.590. The van der Waals surface area contributed by atoms with Gasteiger partial charge in [-0.2, -0.15) is 4.98 Å². The average Bonchev–Trinajstić information content (AvgIpc) is 3.07. The number of cyclic esters (lactones) is 1. The molecule has 0 amide bonds. The maximum absolute atomic E-state index is 11.7. The Balaban J connectivity index is 1.58. The van der Waals surface area contributed by atoms with Gasteiger partial charge in [-0.25, -0.2) is 0 Å². The predicted molar refractivity (Wildman–Crippen MR) is 74.5 cm³/mol. The summed E-state index contributed by atoms with van der Waals surface area (Å²) in [5.74, 6) is 1.25. The lowest BCUT2D eigenvalue weighted by Gasteiger charge is -2.38. The number of likely N-dealkylation sites (N-methyl/N-ethyl adjacent to an activating group) is 1. The van der Waals surface area contributed by atoms with Crippen LogP contribution in [0, 0.1) is 6.92 Å². The van der Waals surface area contributed by atoms with E-state index in [1.165, 1.54) is 0 Å². The number of ether oxygens (including phenoxy) is 1. The highest BCUT2D eigenvalue weighted by Crippen LogP contribution is 2.22. The van der Waals surface area contributed by atoms with Crippen LogP contribution < -0.4 is 0 Å². The van der Waals surface area contributed by atoms with E-state index in [2.05, 4.69) is 19.9 Å². The van der Waals surface area contributed by atoms with Crippen LogP contribution in [0.25, 0.3) is 0 Å². The van der Waals surface area contributed by atoms with Crippen molar-refractivity contribution in [3.05, 3.63) is 11.7 Å². The molecule has 0 saturated carbocycles. The Morgan fingerprint density at radius 2 is 2.29 bits per heavy atom. The number of likely N-dealkylation sites (tertiary alicyclic amines) is 1. The molecule has 0 aromatic carbocycles. The molecule has 0 spiro atoms. The van der Waals surface area contributed by atoms with Crippen LogP contribution in [0.2, 0.25) is 0 Å². The van der Waals surface area contributed by atoms with Crippen LogP contribution in [-0.2, 0) is 16.1 Å². The van der Waals surface area contributed by atoms with Crippen LogP contribution in [0.3, 0.4) is 0 Å². The molecule has 2 atom stereocenters. The first-order valence-corrected chi connectivity index (χ1v) is 7.53. The SMILES string of the molecule is Cc1nc(CN2CCC[C@@H](N(C)[C@H]3CCOC3=O)C2)no1. The van der Waals surface area contributed by atoms with E-state index in [1.807, 2.05) is 7.05 Å². The molecule has 0 aliphatic carbocycles. The van der Waals surface area contributed by atoms with E-state index in [0.29, 0.717) is 25.1 Å². The number of carbonyl (C=O) groups excluding carboxylic acids is 1. The third kappa shape index (κ3) is 3.24. The molecule has 2 aliphatic heterocycles. The monoisotopic (exact) mass is 294 g/mol. The number of hydrogen-bond donors (Lipinski definition) is 0. The second-order valence-corrected chi connectivity index (χ2v) is 5.90. The second kappa shape index (κ2) is 6.11. The van der Waals surface area contributed by atoms with Crippen LogP contribution in [0.4, 0.5) is 0 Å². The number of nitrogens with zero attached hydrogens (tertiary/aromatic N) is 4. The van der Waals surface area contributed by atoms with E-state index < -0.39 is 0 Å². The van der Waals surface area contributed by atoms with E-state index in [1.54, 1.807) is 6.92 Å². The number of aromatic nitrogens is 2. The molecule has 7 heteroatoms. The highest BCUT2D eigenvalue weighted by molar-refractivity contribution is 5.77. The summed E-state index contributed by atoms with van der Waals surface area (Å²) < 4.78 is 10.1. The summed E-state index contributed by atoms with van der Waals surface area (Å²) in [6.45, 7) is 5.01. The van der Waals surface area contributed by atoms with Gasteiger partial charge in [0.1, 0.15) is 6.04 Å². The maximum Gasteiger partial charge on any atom is 0.323 e. The summed E-state index contributed by atoms with van der Waals surface area (Å²) in [4.78, 5) is 20.5. The van der Waals surface area contributed by atoms with Crippen molar-refractivity contribution in [2.24, 2.45) is 0 Å². The summed E-state index contributed by atoms with van der Waals surface area (Å²) in [7, 11) is 2.03. The lowest BCUT2D eigenvalue weighted by Crippen LogP contribution is -2.50. The van der Waals surface area contributed by atoms with Gasteiger partial charge in [0.05, 0.1) is 13.2 Å². The lowest BCUT2D eigenvalue weighted by atomic mass is 10.0. The largest absolute Gasteiger partial charge is 0.464 e. The molecule has 2 fully saturated rings. The minimum atomic E-state index is -0.0811. The summed E-state index contributed by atoms with van der Waals surface area (Å²) in [5, 5.41) is 3.95. The normalized spacial score (nSPS) is 27.3. The number of esters is 1. The lowest BCUT2D eigenvalue weighted by molar-refractivity contribution is -0.142. The molecule has 0 bridgehead atoms. The molecule has 21 heavy (non-hydrogen) atoms. The highest BCUT2D eigenvalue weighted by Gasteiger charge is 2.35. The minimum Gasteiger partial charge on any atom is -0.464 e. The van der Waals surface area contributed by atoms with Gasteiger partial charge >= 0.3 is 5.97 Å². The van der Waals surface area contributed by atoms with Crippen molar-refractivity contribution >= 4 is 5.97 Å². The molecule has 3 heterocycles. The van der Waals surface area contributed by atoms with Crippen molar-refractivity contribution in [3.8, 4) is 0 Å². The van der Waals surface area contributed by atoms with Crippen molar-refractivity contribution in [2.75, 3.05) is 26.7 Å². The van der Waals surface area contributed by atoms with Gasteiger partial charge in [-0.05, 0) is 26.4 Å². The van der Waals surface area contributed by atoms with Gasteiger partial charge in [0.25, 0.3) is 0 Å². The first-order valence-electron chi connectivity index (χ1n) is 7.53. The minimum absolute atomic E-state index is 0.0802. The fourth-order valence-electron chi connectivity index (χ4n) is 3.22. The van der Waals surface area contributed by atoms with Crippen LogP contribution >= 0.6 is 0 Å². The van der Waals surface area contributed by atoms with Gasteiger partial charge < -0.3 is 9.26 Å². The summed E-state index contributed by atoms with van der Waals surface area (Å²) in [6, 6.07) is 0.296. The second-order valence-electron chi connectivity index (χ2n) is 5.90. The molecule has 7 nitrogen and oxygen atoms in total. The Morgan fingerprint density at radius 3 is 2.95 bits per heavy atom. The third-order valence-electron chi connectivity index (χ3n) is 4.39. The van der Waals surface area contributed by atoms with E-state index in [-0.39, 0.29) is 12.0 Å². The Labute approximate surface area is 124 Å². The van der Waals surface area contributed by atoms with Crippen LogP contribution in [-0.4, -0.2) is 64.7 Å². The fourth-order valence-corrected chi connectivity index (χ4v) is 3.22. The number of aryl methyl sites for hydroxylation is 1. The number of rotatable bonds is 4. The molecule has 2 aliphatic rings. The highest BCUT2D eigenvalue weighted by atomic mass is 16.5. The zero-order valence-corrected chi connectivity index (χ0v) is 12.6. The van der Waals surface area contributed by atoms with Crippen LogP contribution in [0.5, 0.6) is 0 Å². The summed E-state index contributed by atoms with van der Waals surface area (Å²) >= 11 is 0. The van der Waals surface area contributed by atoms with Crippen LogP contribution in [0.1, 0.15) is 31.0 Å². The standard InChI is InChI=1S/C14H22N4O3/c1-10-15-13(16-21-10)9-18-6-3-4-11(8-18)17(2)12-5-7-20-14(12)19/h11-12H,3-9H2,1-2H3/t11-,12+/m1/s1. The molecule has 0 radical (unpaired) electrons. The van der Waals surface area contributed by atoms with Gasteiger partial charge in [-0.3, -0.25) is 14.6 Å². The number of piperidine rings is 1. The summed E-state index contributed by atoms with van der Waals surface area (Å²) in [6.07, 6.45) is 3.03. The quantitative estimate of drug-likeness (QED) is 0.753. The summed E-state index contributed by atoms with van der Waals surface area (Å²) in [5.41, 5.74) is 0. The van der Waals surface area contributed by atoms with Crippen molar-refractivity contribution in [3.63, 3.8) is 0 Å². The van der Waals surface area contributed by atoms with Gasteiger partial charge in [-0.1, -0.05) is 5.16 Å². The zero-order valence-electron chi connectivity index (χ0n) is 12.6. The van der Waals surface area contributed by atoms with Crippen LogP contribution in [0.15, 0.2) is 4.52 Å². The van der Waals surface area contributed by atoms with Crippen molar-refractivity contribution < 1.29 is 14.1 Å². The maximum atomic E-state index is 11.7. The Morgan fingerprint density at radius 1 is 1.43 bits per heavy atom. The molecular formula is C14H22N4O3. The molecule has 0 N–H and O–H groups in total. The molecule has 2 saturated heterocycles. The van der Waals surface area contributed by atoms with E-state index in [9.17, 15) is 4.79 Å². The zero-order chi connectivity index (χ0) is 14.8. The van der Waals surface area contributed by atoms with E-state index >= 15 is 0 Å². The van der Waals surface area contributed by atoms with E-state index in [0.717, 1.165) is 38.2 Å². The smallest absolute Gasteiger partial charge is 0.323 e. The molecule has 3 rings (SSSR count). The molecule has 1 aromatic heterocycles. The molecule has 0 unspecified atom stereocenters. The van der Waals surface area contributed by atoms with Gasteiger partial charge in [-0.15, -0.1) is 0 Å². The molecule has 1 aromatic rings. The average molecular weight is 294 g/mol. The Bertz CT molecular complexity index is 504. The van der Waals surface area contributed by atoms with Gasteiger partial charge in [0.2, 0.25) is 5.89 Å². The third-order valence-corrected chi connectivity index (χ3v) is 4.39. The van der Waals surface area contributed by atoms with E-state index in [4.69, 9.17) is 9.26 Å². The Hall–Kier alpha value is -1.47. The Kier molecular flexibility index (Phi) is 4.21. The number of hydrogen-bond acceptors (Lipinski definition) is 7. The molecular weight excluding hydrogens is 272 g/mol. The molecule has 116 valence electrons. The van der Waals surface area contributed by atoms with Crippen molar-refractivity contribution in [2.45, 2.75) is 44.8 Å². The van der Waals surface area contributed by atoms with Crippen molar-refractivity contribution in [1.29, 1.82) is 0 Å². The fraction of sp³-hybridized carbons (Fsp3) is 0.786. The number of carbonyl (C=O) groups is 1.